The van der Waals surface area contributed by atoms with Crippen LogP contribution >= 0.6 is 0 Å². The average molecular weight is 318 g/mol. The summed E-state index contributed by atoms with van der Waals surface area (Å²) < 4.78 is 29.3. The van der Waals surface area contributed by atoms with E-state index < -0.39 is 10.2 Å². The zero-order chi connectivity index (χ0) is 15.5. The molecule has 124 valence electrons. The molecule has 2 atom stereocenters. The molecule has 0 radical (unpaired) electrons. The fourth-order valence-corrected chi connectivity index (χ4v) is 4.90. The van der Waals surface area contributed by atoms with Crippen LogP contribution < -0.4 is 10.5 Å². The van der Waals surface area contributed by atoms with Gasteiger partial charge >= 0.3 is 0 Å². The largest absolute Gasteiger partial charge is 0.329 e. The molecular weight excluding hydrogens is 288 g/mol. The van der Waals surface area contributed by atoms with Crippen LogP contribution in [0.25, 0.3) is 0 Å². The van der Waals surface area contributed by atoms with Gasteiger partial charge in [0.2, 0.25) is 0 Å². The highest BCUT2D eigenvalue weighted by atomic mass is 32.2. The molecule has 7 heteroatoms. The summed E-state index contributed by atoms with van der Waals surface area (Å²) >= 11 is 0. The molecule has 2 fully saturated rings. The Morgan fingerprint density at radius 3 is 2.62 bits per heavy atom. The minimum atomic E-state index is -3.38. The summed E-state index contributed by atoms with van der Waals surface area (Å²) in [4.78, 5) is 2.41. The number of hydrogen-bond acceptors (Lipinski definition) is 4. The van der Waals surface area contributed by atoms with Crippen molar-refractivity contribution in [2.24, 2.45) is 11.7 Å². The van der Waals surface area contributed by atoms with Crippen LogP contribution in [-0.4, -0.2) is 62.4 Å². The van der Waals surface area contributed by atoms with Crippen molar-refractivity contribution in [3.05, 3.63) is 0 Å². The number of likely N-dealkylation sites (tertiary alicyclic amines) is 1. The number of nitrogens with two attached hydrogens (primary N) is 1. The molecule has 2 aliphatic heterocycles. The Balaban J connectivity index is 1.86. The van der Waals surface area contributed by atoms with Crippen LogP contribution in [0.1, 0.15) is 39.5 Å². The highest BCUT2D eigenvalue weighted by Crippen LogP contribution is 2.21. The van der Waals surface area contributed by atoms with Crippen molar-refractivity contribution >= 4 is 10.2 Å². The fraction of sp³-hybridized carbons (Fsp3) is 1.00. The van der Waals surface area contributed by atoms with E-state index in [2.05, 4.69) is 23.5 Å². The van der Waals surface area contributed by atoms with Gasteiger partial charge in [-0.2, -0.15) is 12.7 Å². The number of nitrogens with one attached hydrogen (secondary N) is 1. The first-order valence-electron chi connectivity index (χ1n) is 8.14. The molecule has 2 aliphatic rings. The second-order valence-corrected chi connectivity index (χ2v) is 8.30. The second kappa shape index (κ2) is 7.37. The normalized spacial score (nSPS) is 29.3. The van der Waals surface area contributed by atoms with Crippen molar-refractivity contribution in [3.8, 4) is 0 Å². The molecular formula is C14H30N4O2S. The molecule has 0 spiro atoms. The van der Waals surface area contributed by atoms with Crippen molar-refractivity contribution < 1.29 is 8.42 Å². The van der Waals surface area contributed by atoms with E-state index >= 15 is 0 Å². The lowest BCUT2D eigenvalue weighted by atomic mass is 10.1. The van der Waals surface area contributed by atoms with Gasteiger partial charge in [0.05, 0.1) is 0 Å². The fourth-order valence-electron chi connectivity index (χ4n) is 3.33. The molecule has 2 heterocycles. The van der Waals surface area contributed by atoms with E-state index in [-0.39, 0.29) is 6.04 Å². The second-order valence-electron chi connectivity index (χ2n) is 6.59. The van der Waals surface area contributed by atoms with Gasteiger partial charge in [0.25, 0.3) is 10.2 Å². The Morgan fingerprint density at radius 2 is 2.00 bits per heavy atom. The van der Waals surface area contributed by atoms with E-state index in [0.717, 1.165) is 38.8 Å². The predicted molar refractivity (Wildman–Crippen MR) is 85.1 cm³/mol. The van der Waals surface area contributed by atoms with E-state index in [1.807, 2.05) is 0 Å². The predicted octanol–water partition coefficient (Wildman–Crippen LogP) is 0.364. The van der Waals surface area contributed by atoms with Gasteiger partial charge in [0.15, 0.2) is 0 Å². The van der Waals surface area contributed by atoms with Crippen molar-refractivity contribution in [2.45, 2.75) is 51.6 Å². The summed E-state index contributed by atoms with van der Waals surface area (Å²) in [5.74, 6) is 0.420. The lowest BCUT2D eigenvalue weighted by molar-refractivity contribution is 0.251. The van der Waals surface area contributed by atoms with Gasteiger partial charge in [-0.3, -0.25) is 0 Å². The Hall–Kier alpha value is -0.210. The van der Waals surface area contributed by atoms with Gasteiger partial charge < -0.3 is 10.6 Å². The summed E-state index contributed by atoms with van der Waals surface area (Å²) in [7, 11) is -3.38. The summed E-state index contributed by atoms with van der Waals surface area (Å²) in [5.41, 5.74) is 5.72. The Bertz CT molecular complexity index is 427. The van der Waals surface area contributed by atoms with E-state index in [0.29, 0.717) is 31.6 Å². The van der Waals surface area contributed by atoms with E-state index in [9.17, 15) is 8.42 Å². The van der Waals surface area contributed by atoms with Gasteiger partial charge in [0, 0.05) is 38.3 Å². The Kier molecular flexibility index (Phi) is 6.02. The highest BCUT2D eigenvalue weighted by Gasteiger charge is 2.32. The maximum absolute atomic E-state index is 12.5. The minimum Gasteiger partial charge on any atom is -0.329 e. The van der Waals surface area contributed by atoms with E-state index in [1.165, 1.54) is 0 Å². The maximum atomic E-state index is 12.5. The lowest BCUT2D eigenvalue weighted by Gasteiger charge is -2.34. The van der Waals surface area contributed by atoms with Crippen LogP contribution in [0.3, 0.4) is 0 Å². The standard InChI is InChI=1S/C14H30N4O2S/c1-12(2)17-8-6-13(11-17)10-16-21(19,20)18-7-4-3-5-14(18)9-15/h12-14,16H,3-11,15H2,1-2H3. The molecule has 0 amide bonds. The maximum Gasteiger partial charge on any atom is 0.279 e. The van der Waals surface area contributed by atoms with E-state index in [4.69, 9.17) is 5.73 Å². The van der Waals surface area contributed by atoms with Crippen molar-refractivity contribution in [1.29, 1.82) is 0 Å². The number of rotatable bonds is 6. The van der Waals surface area contributed by atoms with Crippen LogP contribution in [0, 0.1) is 5.92 Å². The molecule has 0 bridgehead atoms. The quantitative estimate of drug-likeness (QED) is 0.741. The summed E-state index contributed by atoms with van der Waals surface area (Å²) in [6, 6.07) is 0.502. The highest BCUT2D eigenvalue weighted by molar-refractivity contribution is 7.87. The first-order valence-corrected chi connectivity index (χ1v) is 9.58. The molecule has 0 aromatic rings. The SMILES string of the molecule is CC(C)N1CCC(CNS(=O)(=O)N2CCCCC2CN)C1. The third-order valence-electron chi connectivity index (χ3n) is 4.76. The molecule has 0 aromatic heterocycles. The average Bonchev–Trinajstić information content (AvgIpc) is 2.94. The number of hydrogen-bond donors (Lipinski definition) is 2. The molecule has 2 saturated heterocycles. The molecule has 2 unspecified atom stereocenters. The topological polar surface area (TPSA) is 78.7 Å². The molecule has 6 nitrogen and oxygen atoms in total. The van der Waals surface area contributed by atoms with Crippen molar-refractivity contribution in [1.82, 2.24) is 13.9 Å². The summed E-state index contributed by atoms with van der Waals surface area (Å²) in [5, 5.41) is 0. The van der Waals surface area contributed by atoms with Crippen LogP contribution in [0.15, 0.2) is 0 Å². The van der Waals surface area contributed by atoms with Gasteiger partial charge in [-0.1, -0.05) is 6.42 Å². The van der Waals surface area contributed by atoms with Crippen molar-refractivity contribution in [3.63, 3.8) is 0 Å². The first kappa shape index (κ1) is 17.1. The van der Waals surface area contributed by atoms with Gasteiger partial charge in [-0.15, -0.1) is 0 Å². The molecule has 3 N–H and O–H groups in total. The Labute approximate surface area is 129 Å². The van der Waals surface area contributed by atoms with Crippen molar-refractivity contribution in [2.75, 3.05) is 32.7 Å². The summed E-state index contributed by atoms with van der Waals surface area (Å²) in [6.07, 6.45) is 3.95. The van der Waals surface area contributed by atoms with Crippen LogP contribution in [0.5, 0.6) is 0 Å². The van der Waals surface area contributed by atoms with Gasteiger partial charge in [0.1, 0.15) is 0 Å². The number of nitrogens with zero attached hydrogens (tertiary/aromatic N) is 2. The monoisotopic (exact) mass is 318 g/mol. The van der Waals surface area contributed by atoms with Crippen LogP contribution in [-0.2, 0) is 10.2 Å². The molecule has 21 heavy (non-hydrogen) atoms. The zero-order valence-electron chi connectivity index (χ0n) is 13.3. The van der Waals surface area contributed by atoms with E-state index in [1.54, 1.807) is 4.31 Å². The molecule has 2 rings (SSSR count). The third-order valence-corrected chi connectivity index (χ3v) is 6.39. The van der Waals surface area contributed by atoms with Crippen LogP contribution in [0.2, 0.25) is 0 Å². The molecule has 0 saturated carbocycles. The number of piperidine rings is 1. The van der Waals surface area contributed by atoms with Gasteiger partial charge in [-0.25, -0.2) is 4.72 Å². The third kappa shape index (κ3) is 4.39. The smallest absolute Gasteiger partial charge is 0.279 e. The molecule has 0 aromatic carbocycles. The molecule has 0 aliphatic carbocycles. The summed E-state index contributed by atoms with van der Waals surface area (Å²) in [6.45, 7) is 7.97. The van der Waals surface area contributed by atoms with Crippen LogP contribution in [0.4, 0.5) is 0 Å². The Morgan fingerprint density at radius 1 is 1.24 bits per heavy atom. The van der Waals surface area contributed by atoms with Gasteiger partial charge in [-0.05, 0) is 45.6 Å². The lowest BCUT2D eigenvalue weighted by Crippen LogP contribution is -2.52. The first-order chi connectivity index (χ1) is 9.94. The zero-order valence-corrected chi connectivity index (χ0v) is 14.1. The minimum absolute atomic E-state index is 0.0352.